The maximum Gasteiger partial charge on any atom is 0.240 e. The number of nitrogens with one attached hydrogen (secondary N) is 1. The van der Waals surface area contributed by atoms with E-state index in [1.165, 1.54) is 6.07 Å². The van der Waals surface area contributed by atoms with Gasteiger partial charge in [-0.15, -0.1) is 0 Å². The first-order chi connectivity index (χ1) is 9.36. The van der Waals surface area contributed by atoms with Gasteiger partial charge in [-0.05, 0) is 18.1 Å². The summed E-state index contributed by atoms with van der Waals surface area (Å²) >= 11 is 0. The van der Waals surface area contributed by atoms with Crippen LogP contribution in [0, 0.1) is 17.6 Å². The van der Waals surface area contributed by atoms with Gasteiger partial charge in [-0.1, -0.05) is 26.3 Å². The number of hydrogen-bond donors (Lipinski definition) is 2. The third-order valence-electron chi connectivity index (χ3n) is 3.24. The lowest BCUT2D eigenvalue weighted by atomic mass is 9.98. The molecular weight excluding hydrogens is 266 g/mol. The normalized spacial score (nSPS) is 13.6. The summed E-state index contributed by atoms with van der Waals surface area (Å²) in [5.41, 5.74) is 4.89. The Morgan fingerprint density at radius 1 is 1.30 bits per heavy atom. The van der Waals surface area contributed by atoms with Gasteiger partial charge in [-0.25, -0.2) is 8.78 Å². The molecule has 0 aromatic heterocycles. The van der Waals surface area contributed by atoms with Crippen LogP contribution < -0.4 is 11.1 Å². The highest BCUT2D eigenvalue weighted by Gasteiger charge is 2.24. The van der Waals surface area contributed by atoms with E-state index in [2.05, 4.69) is 5.32 Å². The molecular formula is C14H18F2N2O2. The van der Waals surface area contributed by atoms with Crippen LogP contribution in [0.1, 0.15) is 25.8 Å². The van der Waals surface area contributed by atoms with Gasteiger partial charge in [0.25, 0.3) is 0 Å². The number of amides is 2. The molecule has 110 valence electrons. The fourth-order valence-electron chi connectivity index (χ4n) is 1.82. The van der Waals surface area contributed by atoms with E-state index in [-0.39, 0.29) is 11.5 Å². The highest BCUT2D eigenvalue weighted by molar-refractivity contribution is 5.87. The average molecular weight is 284 g/mol. The molecule has 1 aromatic carbocycles. The molecule has 0 aliphatic heterocycles. The zero-order valence-corrected chi connectivity index (χ0v) is 11.5. The number of primary amides is 1. The summed E-state index contributed by atoms with van der Waals surface area (Å²) in [7, 11) is 0. The molecule has 0 aliphatic rings. The lowest BCUT2D eigenvalue weighted by Crippen LogP contribution is -2.48. The van der Waals surface area contributed by atoms with Crippen molar-refractivity contribution in [2.24, 2.45) is 11.7 Å². The molecule has 2 atom stereocenters. The smallest absolute Gasteiger partial charge is 0.240 e. The van der Waals surface area contributed by atoms with Crippen LogP contribution in [0.2, 0.25) is 0 Å². The molecule has 0 saturated carbocycles. The molecule has 1 aromatic rings. The van der Waals surface area contributed by atoms with Gasteiger partial charge in [0.2, 0.25) is 11.8 Å². The number of rotatable bonds is 6. The van der Waals surface area contributed by atoms with E-state index in [1.807, 2.05) is 6.92 Å². The number of benzene rings is 1. The zero-order chi connectivity index (χ0) is 15.3. The van der Waals surface area contributed by atoms with Crippen LogP contribution in [0.5, 0.6) is 0 Å². The average Bonchev–Trinajstić information content (AvgIpc) is 2.39. The molecule has 0 radical (unpaired) electrons. The van der Waals surface area contributed by atoms with Gasteiger partial charge >= 0.3 is 0 Å². The maximum atomic E-state index is 13.4. The van der Waals surface area contributed by atoms with Crippen molar-refractivity contribution in [2.75, 3.05) is 0 Å². The quantitative estimate of drug-likeness (QED) is 0.831. The monoisotopic (exact) mass is 284 g/mol. The van der Waals surface area contributed by atoms with Crippen LogP contribution in [0.3, 0.4) is 0 Å². The summed E-state index contributed by atoms with van der Waals surface area (Å²) in [6, 6.07) is 2.53. The minimum Gasteiger partial charge on any atom is -0.368 e. The molecule has 0 unspecified atom stereocenters. The molecule has 2 amide bonds. The van der Waals surface area contributed by atoms with Crippen molar-refractivity contribution in [1.29, 1.82) is 0 Å². The first-order valence-corrected chi connectivity index (χ1v) is 6.38. The Bertz CT molecular complexity index is 486. The van der Waals surface area contributed by atoms with Gasteiger partial charge in [-0.3, -0.25) is 9.59 Å². The number of hydrogen-bond acceptors (Lipinski definition) is 2. The number of carbonyl (C=O) groups is 2. The predicted molar refractivity (Wildman–Crippen MR) is 70.6 cm³/mol. The number of halogens is 2. The summed E-state index contributed by atoms with van der Waals surface area (Å²) in [6.45, 7) is 3.61. The van der Waals surface area contributed by atoms with Crippen LogP contribution in [-0.4, -0.2) is 17.9 Å². The Kier molecular flexibility index (Phi) is 5.61. The van der Waals surface area contributed by atoms with Crippen molar-refractivity contribution in [3.8, 4) is 0 Å². The minimum absolute atomic E-state index is 0.151. The fourth-order valence-corrected chi connectivity index (χ4v) is 1.82. The van der Waals surface area contributed by atoms with Crippen LogP contribution in [0.4, 0.5) is 8.78 Å². The van der Waals surface area contributed by atoms with Crippen molar-refractivity contribution in [1.82, 2.24) is 5.32 Å². The highest BCUT2D eigenvalue weighted by Crippen LogP contribution is 2.13. The molecule has 0 saturated heterocycles. The van der Waals surface area contributed by atoms with E-state index in [4.69, 9.17) is 5.73 Å². The molecule has 0 heterocycles. The fraction of sp³-hybridized carbons (Fsp3) is 0.429. The molecule has 20 heavy (non-hydrogen) atoms. The zero-order valence-electron chi connectivity index (χ0n) is 11.5. The number of nitrogens with two attached hydrogens (primary N) is 1. The highest BCUT2D eigenvalue weighted by atomic mass is 19.1. The largest absolute Gasteiger partial charge is 0.368 e. The number of carbonyl (C=O) groups excluding carboxylic acids is 2. The van der Waals surface area contributed by atoms with Gasteiger partial charge in [0.15, 0.2) is 0 Å². The van der Waals surface area contributed by atoms with Gasteiger partial charge in [0.05, 0.1) is 6.42 Å². The van der Waals surface area contributed by atoms with E-state index in [9.17, 15) is 18.4 Å². The van der Waals surface area contributed by atoms with Crippen molar-refractivity contribution in [2.45, 2.75) is 32.7 Å². The Morgan fingerprint density at radius 3 is 2.30 bits per heavy atom. The Morgan fingerprint density at radius 2 is 1.85 bits per heavy atom. The summed E-state index contributed by atoms with van der Waals surface area (Å²) in [5, 5.41) is 2.42. The molecule has 3 N–H and O–H groups in total. The summed E-state index contributed by atoms with van der Waals surface area (Å²) in [5.74, 6) is -3.04. The Balaban J connectivity index is 2.79. The van der Waals surface area contributed by atoms with Crippen LogP contribution in [-0.2, 0) is 16.0 Å². The molecule has 0 spiro atoms. The summed E-state index contributed by atoms with van der Waals surface area (Å²) in [6.07, 6.45) is 0.167. The molecule has 4 nitrogen and oxygen atoms in total. The second-order valence-corrected chi connectivity index (χ2v) is 4.71. The first-order valence-electron chi connectivity index (χ1n) is 6.38. The van der Waals surface area contributed by atoms with E-state index in [1.54, 1.807) is 6.92 Å². The van der Waals surface area contributed by atoms with E-state index in [0.29, 0.717) is 6.42 Å². The van der Waals surface area contributed by atoms with Gasteiger partial charge < -0.3 is 11.1 Å². The topological polar surface area (TPSA) is 72.2 Å². The molecule has 1 rings (SSSR count). The van der Waals surface area contributed by atoms with Crippen molar-refractivity contribution >= 4 is 11.8 Å². The molecule has 6 heteroatoms. The Labute approximate surface area is 116 Å². The molecule has 0 bridgehead atoms. The van der Waals surface area contributed by atoms with Crippen LogP contribution in [0.25, 0.3) is 0 Å². The van der Waals surface area contributed by atoms with Gasteiger partial charge in [0, 0.05) is 5.56 Å². The van der Waals surface area contributed by atoms with E-state index >= 15 is 0 Å². The minimum atomic E-state index is -0.845. The lowest BCUT2D eigenvalue weighted by Gasteiger charge is -2.21. The van der Waals surface area contributed by atoms with E-state index in [0.717, 1.165) is 12.1 Å². The third-order valence-corrected chi connectivity index (χ3v) is 3.24. The standard InChI is InChI=1S/C14H18F2N2O2/c1-3-8(2)13(14(17)20)18-12(19)7-9-10(15)5-4-6-11(9)16/h4-6,8,13H,3,7H2,1-2H3,(H2,17,20)(H,18,19)/t8-,13+/m0/s1. The van der Waals surface area contributed by atoms with E-state index < -0.39 is 35.9 Å². The third kappa shape index (κ3) is 4.01. The maximum absolute atomic E-state index is 13.4. The van der Waals surface area contributed by atoms with Crippen LogP contribution >= 0.6 is 0 Å². The summed E-state index contributed by atoms with van der Waals surface area (Å²) < 4.78 is 26.8. The predicted octanol–water partition coefficient (Wildman–Crippen LogP) is 1.52. The summed E-state index contributed by atoms with van der Waals surface area (Å²) in [4.78, 5) is 23.1. The lowest BCUT2D eigenvalue weighted by molar-refractivity contribution is -0.128. The van der Waals surface area contributed by atoms with Crippen molar-refractivity contribution in [3.05, 3.63) is 35.4 Å². The molecule has 0 fully saturated rings. The van der Waals surface area contributed by atoms with Crippen LogP contribution in [0.15, 0.2) is 18.2 Å². The second kappa shape index (κ2) is 6.98. The molecule has 0 aliphatic carbocycles. The Hall–Kier alpha value is -1.98. The van der Waals surface area contributed by atoms with Gasteiger partial charge in [0.1, 0.15) is 17.7 Å². The SMILES string of the molecule is CC[C@H](C)[C@@H](NC(=O)Cc1c(F)cccc1F)C(N)=O. The second-order valence-electron chi connectivity index (χ2n) is 4.71. The van der Waals surface area contributed by atoms with Gasteiger partial charge in [-0.2, -0.15) is 0 Å². The van der Waals surface area contributed by atoms with Crippen molar-refractivity contribution in [3.63, 3.8) is 0 Å². The first kappa shape index (κ1) is 16.1. The van der Waals surface area contributed by atoms with Crippen molar-refractivity contribution < 1.29 is 18.4 Å².